The molecule has 1 aromatic rings. The first-order valence-electron chi connectivity index (χ1n) is 6.03. The maximum Gasteiger partial charge on any atom is 0.319 e. The van der Waals surface area contributed by atoms with E-state index < -0.39 is 17.9 Å². The number of carboxylic acids is 1. The summed E-state index contributed by atoms with van der Waals surface area (Å²) in [5, 5.41) is 13.8. The Balaban J connectivity index is 2.49. The van der Waals surface area contributed by atoms with Crippen LogP contribution in [0.15, 0.2) is 24.3 Å². The molecule has 1 rings (SSSR count). The Bertz CT molecular complexity index is 499. The molecular weight excluding hydrogens is 262 g/mol. The van der Waals surface area contributed by atoms with Gasteiger partial charge in [-0.15, -0.1) is 0 Å². The summed E-state index contributed by atoms with van der Waals surface area (Å²) in [6, 6.07) is 5.64. The summed E-state index contributed by atoms with van der Waals surface area (Å²) >= 11 is 0. The van der Waals surface area contributed by atoms with Gasteiger partial charge in [0.1, 0.15) is 0 Å². The number of benzene rings is 1. The lowest BCUT2D eigenvalue weighted by Crippen LogP contribution is -2.38. The van der Waals surface area contributed by atoms with E-state index in [0.717, 1.165) is 0 Å². The molecule has 20 heavy (non-hydrogen) atoms. The molecule has 0 heterocycles. The van der Waals surface area contributed by atoms with Crippen LogP contribution in [0.3, 0.4) is 0 Å². The third kappa shape index (κ3) is 5.85. The number of rotatable bonds is 6. The number of nitrogens with one attached hydrogen (secondary N) is 2. The Labute approximate surface area is 116 Å². The minimum Gasteiger partial charge on any atom is -0.481 e. The predicted molar refractivity (Wildman–Crippen MR) is 73.2 cm³/mol. The largest absolute Gasteiger partial charge is 0.481 e. The van der Waals surface area contributed by atoms with Crippen LogP contribution in [0.1, 0.15) is 18.9 Å². The van der Waals surface area contributed by atoms with Gasteiger partial charge in [0.15, 0.2) is 0 Å². The molecule has 0 radical (unpaired) electrons. The number of anilines is 1. The quantitative estimate of drug-likeness (QED) is 0.612. The van der Waals surface area contributed by atoms with Crippen molar-refractivity contribution in [3.05, 3.63) is 29.8 Å². The maximum atomic E-state index is 11.6. The lowest BCUT2D eigenvalue weighted by molar-refractivity contribution is -0.136. The van der Waals surface area contributed by atoms with E-state index in [1.165, 1.54) is 0 Å². The zero-order valence-electron chi connectivity index (χ0n) is 11.1. The van der Waals surface area contributed by atoms with E-state index in [-0.39, 0.29) is 18.9 Å². The van der Waals surface area contributed by atoms with E-state index in [1.807, 2.05) is 0 Å². The summed E-state index contributed by atoms with van der Waals surface area (Å²) in [6.45, 7) is 1.67. The van der Waals surface area contributed by atoms with Crippen LogP contribution in [-0.2, 0) is 16.0 Å². The van der Waals surface area contributed by atoms with Crippen LogP contribution in [-0.4, -0.2) is 29.1 Å². The Morgan fingerprint density at radius 3 is 2.35 bits per heavy atom. The van der Waals surface area contributed by atoms with Gasteiger partial charge in [0.2, 0.25) is 5.91 Å². The van der Waals surface area contributed by atoms with Gasteiger partial charge in [-0.1, -0.05) is 12.1 Å². The number of urea groups is 1. The summed E-state index contributed by atoms with van der Waals surface area (Å²) in [5.74, 6) is -1.40. The van der Waals surface area contributed by atoms with Crippen LogP contribution in [0.25, 0.3) is 0 Å². The molecule has 5 N–H and O–H groups in total. The highest BCUT2D eigenvalue weighted by atomic mass is 16.4. The Morgan fingerprint density at radius 2 is 1.85 bits per heavy atom. The molecule has 0 saturated heterocycles. The van der Waals surface area contributed by atoms with Crippen LogP contribution in [0, 0.1) is 0 Å². The summed E-state index contributed by atoms with van der Waals surface area (Å²) in [5.41, 5.74) is 6.19. The smallest absolute Gasteiger partial charge is 0.319 e. The summed E-state index contributed by atoms with van der Waals surface area (Å²) in [7, 11) is 0. The van der Waals surface area contributed by atoms with Gasteiger partial charge in [0.25, 0.3) is 0 Å². The molecule has 0 aliphatic heterocycles. The lowest BCUT2D eigenvalue weighted by atomic mass is 10.1. The van der Waals surface area contributed by atoms with E-state index in [9.17, 15) is 14.4 Å². The minimum atomic E-state index is -0.913. The fraction of sp³-hybridized carbons (Fsp3) is 0.308. The molecule has 7 heteroatoms. The molecule has 1 unspecified atom stereocenters. The first-order valence-corrected chi connectivity index (χ1v) is 6.03. The van der Waals surface area contributed by atoms with E-state index in [0.29, 0.717) is 11.3 Å². The molecule has 108 valence electrons. The maximum absolute atomic E-state index is 11.6. The van der Waals surface area contributed by atoms with Gasteiger partial charge >= 0.3 is 12.0 Å². The van der Waals surface area contributed by atoms with Gasteiger partial charge in [-0.3, -0.25) is 9.59 Å². The van der Waals surface area contributed by atoms with E-state index in [4.69, 9.17) is 10.8 Å². The molecule has 0 saturated carbocycles. The van der Waals surface area contributed by atoms with Crippen LogP contribution >= 0.6 is 0 Å². The molecule has 7 nitrogen and oxygen atoms in total. The Kier molecular flexibility index (Phi) is 5.52. The van der Waals surface area contributed by atoms with Crippen LogP contribution in [0.2, 0.25) is 0 Å². The van der Waals surface area contributed by atoms with Crippen molar-refractivity contribution in [1.29, 1.82) is 0 Å². The van der Waals surface area contributed by atoms with Crippen molar-refractivity contribution in [2.45, 2.75) is 25.8 Å². The van der Waals surface area contributed by atoms with Crippen LogP contribution in [0.4, 0.5) is 10.5 Å². The van der Waals surface area contributed by atoms with Crippen molar-refractivity contribution in [1.82, 2.24) is 5.32 Å². The number of hydrogen-bond donors (Lipinski definition) is 4. The van der Waals surface area contributed by atoms with E-state index >= 15 is 0 Å². The van der Waals surface area contributed by atoms with Crippen molar-refractivity contribution in [2.24, 2.45) is 5.73 Å². The Hall–Kier alpha value is -2.57. The van der Waals surface area contributed by atoms with Gasteiger partial charge in [-0.25, -0.2) is 4.79 Å². The molecule has 0 fully saturated rings. The van der Waals surface area contributed by atoms with Gasteiger partial charge in [-0.2, -0.15) is 0 Å². The van der Waals surface area contributed by atoms with E-state index in [1.54, 1.807) is 31.2 Å². The van der Waals surface area contributed by atoms with Crippen molar-refractivity contribution >= 4 is 23.6 Å². The third-order valence-corrected chi connectivity index (χ3v) is 2.45. The third-order valence-electron chi connectivity index (χ3n) is 2.45. The normalized spacial score (nSPS) is 11.4. The number of carboxylic acid groups (broad SMARTS) is 1. The summed E-state index contributed by atoms with van der Waals surface area (Å²) in [4.78, 5) is 32.8. The molecule has 0 aromatic heterocycles. The highest BCUT2D eigenvalue weighted by molar-refractivity contribution is 5.89. The zero-order chi connectivity index (χ0) is 15.1. The van der Waals surface area contributed by atoms with Crippen LogP contribution < -0.4 is 16.4 Å². The number of hydrogen-bond acceptors (Lipinski definition) is 3. The fourth-order valence-electron chi connectivity index (χ4n) is 1.62. The first-order chi connectivity index (χ1) is 9.36. The first kappa shape index (κ1) is 15.5. The highest BCUT2D eigenvalue weighted by Crippen LogP contribution is 2.10. The monoisotopic (exact) mass is 279 g/mol. The van der Waals surface area contributed by atoms with Gasteiger partial charge < -0.3 is 21.5 Å². The number of carbonyl (C=O) groups excluding carboxylic acids is 2. The molecule has 1 atom stereocenters. The van der Waals surface area contributed by atoms with Crippen molar-refractivity contribution in [3.63, 3.8) is 0 Å². The predicted octanol–water partition coefficient (Wildman–Crippen LogP) is 0.699. The SMILES string of the molecule is CC(CC(N)=O)NC(=O)Nc1ccc(CC(=O)O)cc1. The lowest BCUT2D eigenvalue weighted by Gasteiger charge is -2.13. The van der Waals surface area contributed by atoms with Gasteiger partial charge in [0.05, 0.1) is 6.42 Å². The average molecular weight is 279 g/mol. The van der Waals surface area contributed by atoms with Gasteiger partial charge in [-0.05, 0) is 24.6 Å². The topological polar surface area (TPSA) is 122 Å². The molecule has 0 spiro atoms. The molecule has 0 bridgehead atoms. The standard InChI is InChI=1S/C13H17N3O4/c1-8(6-11(14)17)15-13(20)16-10-4-2-9(3-5-10)7-12(18)19/h2-5,8H,6-7H2,1H3,(H2,14,17)(H,18,19)(H2,15,16,20). The second kappa shape index (κ2) is 7.13. The van der Waals surface area contributed by atoms with E-state index in [2.05, 4.69) is 10.6 Å². The molecular formula is C13H17N3O4. The molecule has 1 aromatic carbocycles. The molecule has 0 aliphatic rings. The summed E-state index contributed by atoms with van der Waals surface area (Å²) < 4.78 is 0. The van der Waals surface area contributed by atoms with Crippen molar-refractivity contribution < 1.29 is 19.5 Å². The Morgan fingerprint density at radius 1 is 1.25 bits per heavy atom. The number of aliphatic carboxylic acids is 1. The molecule has 3 amide bonds. The second-order valence-electron chi connectivity index (χ2n) is 4.44. The second-order valence-corrected chi connectivity index (χ2v) is 4.44. The van der Waals surface area contributed by atoms with Crippen molar-refractivity contribution in [3.8, 4) is 0 Å². The number of carbonyl (C=O) groups is 3. The number of nitrogens with two attached hydrogens (primary N) is 1. The average Bonchev–Trinajstić information content (AvgIpc) is 2.29. The van der Waals surface area contributed by atoms with Crippen molar-refractivity contribution in [2.75, 3.05) is 5.32 Å². The van der Waals surface area contributed by atoms with Crippen LogP contribution in [0.5, 0.6) is 0 Å². The fourth-order valence-corrected chi connectivity index (χ4v) is 1.62. The summed E-state index contributed by atoms with van der Waals surface area (Å²) in [6.07, 6.45) is -0.00685. The zero-order valence-corrected chi connectivity index (χ0v) is 11.1. The van der Waals surface area contributed by atoms with Gasteiger partial charge in [0, 0.05) is 18.2 Å². The number of primary amides is 1. The minimum absolute atomic E-state index is 0.0605. The molecule has 0 aliphatic carbocycles. The highest BCUT2D eigenvalue weighted by Gasteiger charge is 2.09. The number of amides is 3.